The number of likely N-dealkylation sites (tertiary alicyclic amines) is 1. The number of carboxylic acid groups (broad SMARTS) is 1. The number of hydrogen-bond donors (Lipinski definition) is 1. The molecule has 0 radical (unpaired) electrons. The largest absolute Gasteiger partial charge is 0.481 e. The van der Waals surface area contributed by atoms with E-state index in [1.165, 1.54) is 0 Å². The van der Waals surface area contributed by atoms with Gasteiger partial charge in [-0.25, -0.2) is 0 Å². The number of aromatic nitrogens is 1. The molecule has 146 valence electrons. The monoisotopic (exact) mass is 384 g/mol. The minimum atomic E-state index is -0.917. The zero-order chi connectivity index (χ0) is 19.3. The zero-order valence-electron chi connectivity index (χ0n) is 15.2. The number of aliphatic carboxylic acids is 1. The van der Waals surface area contributed by atoms with E-state index in [4.69, 9.17) is 14.0 Å². The Hall–Kier alpha value is -3.03. The lowest BCUT2D eigenvalue weighted by molar-refractivity contribution is -0.141. The third-order valence-electron chi connectivity index (χ3n) is 5.90. The smallest absolute Gasteiger partial charge is 0.308 e. The number of aryl methyl sites for hydroxylation is 1. The number of fused-ring (bicyclic) bond motifs is 2. The van der Waals surface area contributed by atoms with E-state index in [9.17, 15) is 14.7 Å². The molecule has 8 nitrogen and oxygen atoms in total. The molecule has 2 aromatic rings. The van der Waals surface area contributed by atoms with Gasteiger partial charge in [-0.05, 0) is 37.0 Å². The van der Waals surface area contributed by atoms with Crippen LogP contribution in [0.2, 0.25) is 0 Å². The minimum absolute atomic E-state index is 0.148. The Kier molecular flexibility index (Phi) is 3.99. The molecule has 1 amide bonds. The number of carboxylic acids is 1. The van der Waals surface area contributed by atoms with Gasteiger partial charge in [0.25, 0.3) is 5.91 Å². The maximum absolute atomic E-state index is 13.1. The molecular weight excluding hydrogens is 364 g/mol. The molecule has 8 heteroatoms. The maximum Gasteiger partial charge on any atom is 0.308 e. The zero-order valence-corrected chi connectivity index (χ0v) is 15.2. The molecule has 0 bridgehead atoms. The lowest BCUT2D eigenvalue weighted by atomic mass is 9.89. The number of carbonyl (C=O) groups is 2. The van der Waals surface area contributed by atoms with Crippen molar-refractivity contribution in [1.29, 1.82) is 0 Å². The third kappa shape index (κ3) is 2.71. The van der Waals surface area contributed by atoms with E-state index in [0.717, 1.165) is 42.6 Å². The molecule has 1 saturated heterocycles. The van der Waals surface area contributed by atoms with Crippen molar-refractivity contribution in [3.63, 3.8) is 0 Å². The van der Waals surface area contributed by atoms with E-state index >= 15 is 0 Å². The molecule has 1 aromatic carbocycles. The van der Waals surface area contributed by atoms with Crippen LogP contribution < -0.4 is 9.47 Å². The fourth-order valence-electron chi connectivity index (χ4n) is 4.40. The van der Waals surface area contributed by atoms with Crippen LogP contribution in [0, 0.1) is 5.92 Å². The van der Waals surface area contributed by atoms with Crippen molar-refractivity contribution in [2.75, 3.05) is 19.9 Å². The van der Waals surface area contributed by atoms with Gasteiger partial charge in [0.15, 0.2) is 17.2 Å². The summed E-state index contributed by atoms with van der Waals surface area (Å²) in [4.78, 5) is 26.5. The summed E-state index contributed by atoms with van der Waals surface area (Å²) in [7, 11) is 0. The Bertz CT molecular complexity index is 952. The molecule has 1 aromatic heterocycles. The van der Waals surface area contributed by atoms with Gasteiger partial charge in [0.05, 0.1) is 5.92 Å². The first-order valence-corrected chi connectivity index (χ1v) is 9.51. The summed E-state index contributed by atoms with van der Waals surface area (Å²) < 4.78 is 16.1. The first-order chi connectivity index (χ1) is 13.6. The van der Waals surface area contributed by atoms with E-state index in [1.807, 2.05) is 12.1 Å². The Balaban J connectivity index is 1.42. The molecule has 0 unspecified atom stereocenters. The van der Waals surface area contributed by atoms with Crippen molar-refractivity contribution < 1.29 is 28.7 Å². The van der Waals surface area contributed by atoms with Gasteiger partial charge in [-0.1, -0.05) is 11.2 Å². The number of benzene rings is 1. The highest BCUT2D eigenvalue weighted by molar-refractivity contribution is 5.94. The second-order valence-corrected chi connectivity index (χ2v) is 7.51. The Morgan fingerprint density at radius 1 is 1.11 bits per heavy atom. The number of carbonyl (C=O) groups excluding carboxylic acids is 1. The second kappa shape index (κ2) is 6.54. The standard InChI is InChI=1S/C20H20N2O6/c23-19(18-12-3-1-2-4-15(12)28-21-18)22-8-13(14(9-22)20(24)25)11-5-6-16-17(7-11)27-10-26-16/h5-7,13-14H,1-4,8-10H2,(H,24,25)/t13-,14+/m0/s1. The summed E-state index contributed by atoms with van der Waals surface area (Å²) >= 11 is 0. The molecule has 1 aliphatic carbocycles. The van der Waals surface area contributed by atoms with Gasteiger partial charge in [-0.15, -0.1) is 0 Å². The van der Waals surface area contributed by atoms with Crippen LogP contribution in [0.3, 0.4) is 0 Å². The maximum atomic E-state index is 13.1. The normalized spacial score (nSPS) is 22.9. The number of hydrogen-bond acceptors (Lipinski definition) is 6. The molecular formula is C20H20N2O6. The van der Waals surface area contributed by atoms with Crippen LogP contribution in [-0.2, 0) is 17.6 Å². The summed E-state index contributed by atoms with van der Waals surface area (Å²) in [5, 5.41) is 13.7. The van der Waals surface area contributed by atoms with Gasteiger partial charge in [0, 0.05) is 31.0 Å². The minimum Gasteiger partial charge on any atom is -0.481 e. The first kappa shape index (κ1) is 17.1. The van der Waals surface area contributed by atoms with Crippen LogP contribution in [0.1, 0.15) is 46.1 Å². The summed E-state index contributed by atoms with van der Waals surface area (Å²) in [6.07, 6.45) is 3.62. The number of rotatable bonds is 3. The Labute approximate surface area is 161 Å². The van der Waals surface area contributed by atoms with Gasteiger partial charge < -0.3 is 24.0 Å². The fraction of sp³-hybridized carbons (Fsp3) is 0.450. The molecule has 0 saturated carbocycles. The predicted octanol–water partition coefficient (Wildman–Crippen LogP) is 2.22. The van der Waals surface area contributed by atoms with Crippen molar-refractivity contribution in [2.45, 2.75) is 31.6 Å². The van der Waals surface area contributed by atoms with Gasteiger partial charge in [-0.2, -0.15) is 0 Å². The molecule has 3 heterocycles. The average Bonchev–Trinajstić information content (AvgIpc) is 3.43. The third-order valence-corrected chi connectivity index (χ3v) is 5.90. The van der Waals surface area contributed by atoms with Gasteiger partial charge in [-0.3, -0.25) is 9.59 Å². The van der Waals surface area contributed by atoms with Crippen LogP contribution in [0.5, 0.6) is 11.5 Å². The van der Waals surface area contributed by atoms with E-state index in [0.29, 0.717) is 23.7 Å². The van der Waals surface area contributed by atoms with Crippen molar-refractivity contribution >= 4 is 11.9 Å². The van der Waals surface area contributed by atoms with Gasteiger partial charge in [0.2, 0.25) is 6.79 Å². The van der Waals surface area contributed by atoms with Crippen molar-refractivity contribution in [1.82, 2.24) is 10.1 Å². The topological polar surface area (TPSA) is 102 Å². The van der Waals surface area contributed by atoms with E-state index in [1.54, 1.807) is 11.0 Å². The Morgan fingerprint density at radius 2 is 1.93 bits per heavy atom. The number of nitrogens with zero attached hydrogens (tertiary/aromatic N) is 2. The van der Waals surface area contributed by atoms with Crippen molar-refractivity contribution in [2.24, 2.45) is 5.92 Å². The molecule has 1 fully saturated rings. The highest BCUT2D eigenvalue weighted by atomic mass is 16.7. The molecule has 0 spiro atoms. The molecule has 2 aliphatic heterocycles. The van der Waals surface area contributed by atoms with Crippen LogP contribution in [0.4, 0.5) is 0 Å². The molecule has 5 rings (SSSR count). The van der Waals surface area contributed by atoms with Crippen LogP contribution in [-0.4, -0.2) is 46.9 Å². The highest BCUT2D eigenvalue weighted by Crippen LogP contribution is 2.40. The predicted molar refractivity (Wildman–Crippen MR) is 95.5 cm³/mol. The van der Waals surface area contributed by atoms with Gasteiger partial charge in [0.1, 0.15) is 5.76 Å². The summed E-state index contributed by atoms with van der Waals surface area (Å²) in [5.41, 5.74) is 2.05. The molecule has 2 atom stereocenters. The van der Waals surface area contributed by atoms with E-state index < -0.39 is 11.9 Å². The van der Waals surface area contributed by atoms with Crippen LogP contribution in [0.15, 0.2) is 22.7 Å². The number of ether oxygens (including phenoxy) is 2. The summed E-state index contributed by atoms with van der Waals surface area (Å²) in [5.74, 6) is -0.129. The van der Waals surface area contributed by atoms with E-state index in [2.05, 4.69) is 5.16 Å². The van der Waals surface area contributed by atoms with Gasteiger partial charge >= 0.3 is 5.97 Å². The van der Waals surface area contributed by atoms with Crippen LogP contribution in [0.25, 0.3) is 0 Å². The molecule has 28 heavy (non-hydrogen) atoms. The lowest BCUT2D eigenvalue weighted by Crippen LogP contribution is -2.31. The molecule has 1 N–H and O–H groups in total. The van der Waals surface area contributed by atoms with E-state index in [-0.39, 0.29) is 25.2 Å². The molecule has 3 aliphatic rings. The SMILES string of the molecule is O=C(O)[C@@H]1CN(C(=O)c2noc3c2CCCC3)C[C@H]1c1ccc2c(c1)OCO2. The first-order valence-electron chi connectivity index (χ1n) is 9.51. The van der Waals surface area contributed by atoms with Crippen LogP contribution >= 0.6 is 0 Å². The number of amides is 1. The van der Waals surface area contributed by atoms with Crippen molar-refractivity contribution in [3.8, 4) is 11.5 Å². The highest BCUT2D eigenvalue weighted by Gasteiger charge is 2.42. The second-order valence-electron chi connectivity index (χ2n) is 7.51. The summed E-state index contributed by atoms with van der Waals surface area (Å²) in [6.45, 7) is 0.625. The van der Waals surface area contributed by atoms with Crippen molar-refractivity contribution in [3.05, 3.63) is 40.8 Å². The Morgan fingerprint density at radius 3 is 2.79 bits per heavy atom. The lowest BCUT2D eigenvalue weighted by Gasteiger charge is -2.17. The quantitative estimate of drug-likeness (QED) is 0.866. The summed E-state index contributed by atoms with van der Waals surface area (Å²) in [6, 6.07) is 5.45. The fourth-order valence-corrected chi connectivity index (χ4v) is 4.40. The average molecular weight is 384 g/mol.